The second-order valence-corrected chi connectivity index (χ2v) is 31.3. The van der Waals surface area contributed by atoms with Crippen molar-refractivity contribution >= 4 is 76.8 Å². The highest BCUT2D eigenvalue weighted by Gasteiger charge is 2.44. The molecule has 2 aliphatic heterocycles. The van der Waals surface area contributed by atoms with E-state index in [1.807, 2.05) is 85.7 Å². The summed E-state index contributed by atoms with van der Waals surface area (Å²) in [6.45, 7) is 21.4. The van der Waals surface area contributed by atoms with Crippen molar-refractivity contribution in [3.63, 3.8) is 0 Å². The second-order valence-electron chi connectivity index (χ2n) is 31.3. The van der Waals surface area contributed by atoms with Crippen molar-refractivity contribution in [3.8, 4) is 0 Å². The number of carbonyl (C=O) groups excluding carboxylic acids is 13. The Morgan fingerprint density at radius 2 is 0.971 bits per heavy atom. The molecule has 13 amide bonds. The van der Waals surface area contributed by atoms with E-state index in [0.29, 0.717) is 31.5 Å². The van der Waals surface area contributed by atoms with Crippen molar-refractivity contribution in [1.82, 2.24) is 65.8 Å². The fourth-order valence-electron chi connectivity index (χ4n) is 13.0. The molecule has 2 aromatic rings. The van der Waals surface area contributed by atoms with Gasteiger partial charge in [0.1, 0.15) is 67.0 Å². The lowest BCUT2D eigenvalue weighted by atomic mass is 9.96. The van der Waals surface area contributed by atoms with E-state index in [9.17, 15) is 38.7 Å². The summed E-state index contributed by atoms with van der Waals surface area (Å²) in [4.78, 5) is 203. The molecule has 28 nitrogen and oxygen atoms in total. The maximum atomic E-state index is 15.7. The van der Waals surface area contributed by atoms with Gasteiger partial charge in [-0.25, -0.2) is 0 Å². The minimum atomic E-state index is -1.68. The lowest BCUT2D eigenvalue weighted by Crippen LogP contribution is -2.62. The van der Waals surface area contributed by atoms with Crippen molar-refractivity contribution in [3.05, 3.63) is 71.8 Å². The van der Waals surface area contributed by atoms with E-state index in [-0.39, 0.29) is 68.6 Å². The molecule has 28 heteroatoms. The number of hydrogen-bond acceptors (Lipinski definition) is 15. The first-order valence-electron chi connectivity index (χ1n) is 37.0. The number of nitrogens with zero attached hydrogens (tertiary/aromatic N) is 8. The summed E-state index contributed by atoms with van der Waals surface area (Å²) in [7, 11) is 9.57. The smallest absolute Gasteiger partial charge is 0.248 e. The van der Waals surface area contributed by atoms with Crippen LogP contribution < -0.4 is 26.6 Å². The molecular weight excluding hydrogens is 1350 g/mol. The Morgan fingerprint density at radius 3 is 1.50 bits per heavy atom. The Bertz CT molecular complexity index is 3270. The standard InChI is InChI=1S/C77H123N13O15/c1-47(2)38-55-71(99)86(17)58(35-34-53-30-24-21-25-31-53)74(102)87(18)60(40-49(5)6)70(98)81-66(52(10)91)76(104)83(14)44-65(94)84(15)51(9)67(95)78-56(73(101)90-36-28-23-29-37-90)43-64(93)85(16)59(39-48(3)4)68(96)80-57(45-105-46-63(92)82-77(11,12)13)72(100)89(20)62(41-50(7)8)75(103)88(19)61(69(97)79-55)42-54-32-26-22-27-33-54/h21-22,24-27,30-33,47-52,55-62,66,91H,23,28-29,34-46H2,1-20H3,(H,78,95)(H,79,97)(H,80,96)(H,81,98)(H,82,92)/t51-,52+,55?,56-,57-,58-,59-,60-,61-,62-,66-/m0/s1. The molecule has 11 atom stereocenters. The predicted molar refractivity (Wildman–Crippen MR) is 399 cm³/mol. The minimum absolute atomic E-state index is 0.00891. The Morgan fingerprint density at radius 1 is 0.514 bits per heavy atom. The van der Waals surface area contributed by atoms with Gasteiger partial charge in [0.05, 0.1) is 25.7 Å². The molecule has 4 rings (SSSR count). The van der Waals surface area contributed by atoms with Gasteiger partial charge in [-0.3, -0.25) is 62.3 Å². The van der Waals surface area contributed by atoms with Gasteiger partial charge in [-0.2, -0.15) is 0 Å². The number of piperidine rings is 1. The third-order valence-corrected chi connectivity index (χ3v) is 19.3. The number of nitrogens with one attached hydrogen (secondary N) is 5. The first kappa shape index (κ1) is 88.9. The van der Waals surface area contributed by atoms with Gasteiger partial charge in [-0.15, -0.1) is 0 Å². The minimum Gasteiger partial charge on any atom is -0.391 e. The highest BCUT2D eigenvalue weighted by Crippen LogP contribution is 2.24. The van der Waals surface area contributed by atoms with Crippen molar-refractivity contribution in [2.45, 2.75) is 233 Å². The second kappa shape index (κ2) is 41.4. The van der Waals surface area contributed by atoms with Crippen LogP contribution in [0.3, 0.4) is 0 Å². The zero-order chi connectivity index (χ0) is 79.1. The molecule has 6 N–H and O–H groups in total. The van der Waals surface area contributed by atoms with E-state index in [2.05, 4.69) is 26.6 Å². The number of ether oxygens (including phenoxy) is 1. The molecule has 2 fully saturated rings. The summed E-state index contributed by atoms with van der Waals surface area (Å²) >= 11 is 0. The number of aliphatic hydroxyl groups is 1. The average Bonchev–Trinajstić information content (AvgIpc) is 0.820. The molecule has 1 unspecified atom stereocenters. The first-order chi connectivity index (χ1) is 49.1. The molecule has 2 heterocycles. The van der Waals surface area contributed by atoms with Crippen molar-refractivity contribution in [2.75, 3.05) is 82.2 Å². The van der Waals surface area contributed by atoms with E-state index in [4.69, 9.17) is 4.74 Å². The van der Waals surface area contributed by atoms with Gasteiger partial charge in [-0.1, -0.05) is 116 Å². The number of rotatable bonds is 19. The highest BCUT2D eigenvalue weighted by atomic mass is 16.5. The van der Waals surface area contributed by atoms with Gasteiger partial charge in [0.15, 0.2) is 0 Å². The first-order valence-corrected chi connectivity index (χ1v) is 37.0. The van der Waals surface area contributed by atoms with E-state index in [0.717, 1.165) is 31.6 Å². The van der Waals surface area contributed by atoms with E-state index in [1.165, 1.54) is 82.8 Å². The molecule has 2 aliphatic rings. The number of likely N-dealkylation sites (tertiary alicyclic amines) is 1. The third-order valence-electron chi connectivity index (χ3n) is 19.3. The van der Waals surface area contributed by atoms with Gasteiger partial charge in [0, 0.05) is 74.4 Å². The average molecular weight is 1470 g/mol. The summed E-state index contributed by atoms with van der Waals surface area (Å²) in [5, 5.41) is 25.2. The number of aliphatic hydroxyl groups excluding tert-OH is 1. The third kappa shape index (κ3) is 27.1. The van der Waals surface area contributed by atoms with E-state index >= 15 is 28.8 Å². The number of amides is 13. The van der Waals surface area contributed by atoms with Crippen LogP contribution in [0.5, 0.6) is 0 Å². The van der Waals surface area contributed by atoms with Crippen molar-refractivity contribution < 1.29 is 72.2 Å². The Labute approximate surface area is 622 Å². The summed E-state index contributed by atoms with van der Waals surface area (Å²) in [5.74, 6) is -10.8. The Kier molecular flexibility index (Phi) is 35.0. The van der Waals surface area contributed by atoms with Crippen LogP contribution in [-0.4, -0.2) is 275 Å². The quantitative estimate of drug-likeness (QED) is 0.118. The van der Waals surface area contributed by atoms with Crippen LogP contribution >= 0.6 is 0 Å². The van der Waals surface area contributed by atoms with Crippen LogP contribution in [0.4, 0.5) is 0 Å². The number of carbonyl (C=O) groups is 13. The van der Waals surface area contributed by atoms with Crippen molar-refractivity contribution in [2.24, 2.45) is 23.7 Å². The largest absolute Gasteiger partial charge is 0.391 e. The summed E-state index contributed by atoms with van der Waals surface area (Å²) in [5.41, 5.74) is 0.784. The lowest BCUT2D eigenvalue weighted by Gasteiger charge is -2.38. The molecule has 0 spiro atoms. The topological polar surface area (TPSA) is 337 Å². The van der Waals surface area contributed by atoms with Crippen LogP contribution in [0.1, 0.15) is 159 Å². The summed E-state index contributed by atoms with van der Waals surface area (Å²) in [6.07, 6.45) is 0.259. The molecule has 0 aromatic heterocycles. The van der Waals surface area contributed by atoms with Gasteiger partial charge < -0.3 is 75.6 Å². The molecule has 2 aromatic carbocycles. The Balaban J connectivity index is 2.01. The Hall–Kier alpha value is -8.53. The number of aryl methyl sites for hydroxylation is 1. The van der Waals surface area contributed by atoms with Gasteiger partial charge in [0.25, 0.3) is 0 Å². The van der Waals surface area contributed by atoms with E-state index in [1.54, 1.807) is 51.1 Å². The summed E-state index contributed by atoms with van der Waals surface area (Å²) in [6, 6.07) is 3.98. The normalized spacial score (nSPS) is 24.5. The molecule has 105 heavy (non-hydrogen) atoms. The molecule has 586 valence electrons. The number of hydrogen-bond donors (Lipinski definition) is 6. The molecular formula is C77H123N13O15. The fraction of sp³-hybridized carbons (Fsp3) is 0.675. The zero-order valence-corrected chi connectivity index (χ0v) is 66.0. The van der Waals surface area contributed by atoms with Gasteiger partial charge >= 0.3 is 0 Å². The number of likely N-dealkylation sites (N-methyl/N-ethyl adjacent to an activating group) is 7. The van der Waals surface area contributed by atoms with Crippen LogP contribution in [-0.2, 0) is 79.9 Å². The molecule has 0 radical (unpaired) electrons. The maximum absolute atomic E-state index is 15.7. The van der Waals surface area contributed by atoms with Crippen LogP contribution in [0.15, 0.2) is 60.7 Å². The van der Waals surface area contributed by atoms with E-state index < -0.39 is 175 Å². The lowest BCUT2D eigenvalue weighted by molar-refractivity contribution is -0.152. The molecule has 0 aliphatic carbocycles. The van der Waals surface area contributed by atoms with Crippen LogP contribution in [0, 0.1) is 23.7 Å². The van der Waals surface area contributed by atoms with Gasteiger partial charge in [-0.05, 0) is 127 Å². The molecule has 0 saturated carbocycles. The highest BCUT2D eigenvalue weighted by molar-refractivity contribution is 6.00. The van der Waals surface area contributed by atoms with Crippen LogP contribution in [0.25, 0.3) is 0 Å². The fourth-order valence-corrected chi connectivity index (χ4v) is 13.0. The van der Waals surface area contributed by atoms with Gasteiger partial charge in [0.2, 0.25) is 76.8 Å². The van der Waals surface area contributed by atoms with Crippen LogP contribution in [0.2, 0.25) is 0 Å². The molecule has 0 bridgehead atoms. The monoisotopic (exact) mass is 1470 g/mol. The summed E-state index contributed by atoms with van der Waals surface area (Å²) < 4.78 is 5.92. The zero-order valence-electron chi connectivity index (χ0n) is 66.0. The SMILES string of the molecule is CC(C)CC1NC(=O)[C@H](Cc2ccccc2)N(C)C(=O)[C@H](CC(C)C)N(C)C(=O)[C@H](COCC(=O)NC(C)(C)C)NC(=O)[C@H](CC(C)C)N(C)C(=O)C[C@@H](C(=O)N2CCCCC2)NC(=O)[C@H](C)N(C)C(=O)CN(C)C(=O)[C@H]([C@@H](C)O)NC(=O)[C@H](CC(C)C)N(C)C(=O)[C@H](CCc2ccccc2)N(C)C1=O. The molecule has 2 saturated heterocycles. The number of benzene rings is 2. The predicted octanol–water partition coefficient (Wildman–Crippen LogP) is 3.15. The van der Waals surface area contributed by atoms with Crippen molar-refractivity contribution in [1.29, 1.82) is 0 Å². The maximum Gasteiger partial charge on any atom is 0.248 e.